The molecule has 2 aliphatic rings. The van der Waals surface area contributed by atoms with Gasteiger partial charge in [0.2, 0.25) is 17.7 Å². The Balaban J connectivity index is 0.00000208. The van der Waals surface area contributed by atoms with Crippen LogP contribution in [-0.2, 0) is 67.7 Å². The van der Waals surface area contributed by atoms with Gasteiger partial charge in [-0.25, -0.2) is 8.42 Å². The van der Waals surface area contributed by atoms with Crippen LogP contribution in [0.5, 0.6) is 5.75 Å². The van der Waals surface area contributed by atoms with Crippen molar-refractivity contribution in [3.8, 4) is 5.75 Å². The molecule has 0 radical (unpaired) electrons. The predicted molar refractivity (Wildman–Crippen MR) is 264 cm³/mol. The molecule has 388 valence electrons. The van der Waals surface area contributed by atoms with Crippen LogP contribution >= 0.6 is 0 Å². The number of nitrogens with one attached hydrogen (secondary N) is 4. The average molecular weight is 1010 g/mol. The highest BCUT2D eigenvalue weighted by Crippen LogP contribution is 2.30. The number of amides is 4. The zero-order valence-corrected chi connectivity index (χ0v) is 42.9. The molecule has 3 aromatic carbocycles. The van der Waals surface area contributed by atoms with E-state index in [-0.39, 0.29) is 77.5 Å². The molecule has 4 unspecified atom stereocenters. The third-order valence-electron chi connectivity index (χ3n) is 12.0. The molecule has 19 heteroatoms. The third-order valence-corrected chi connectivity index (χ3v) is 12.0. The summed E-state index contributed by atoms with van der Waals surface area (Å²) in [5.41, 5.74) is 1.80. The number of aryl methyl sites for hydroxylation is 1. The number of quaternary nitrogens is 1. The molecule has 0 aliphatic carbocycles. The summed E-state index contributed by atoms with van der Waals surface area (Å²) >= 11 is 0. The second-order valence-electron chi connectivity index (χ2n) is 19.6. The van der Waals surface area contributed by atoms with E-state index < -0.39 is 63.6 Å². The number of benzene rings is 3. The van der Waals surface area contributed by atoms with E-state index in [1.807, 2.05) is 88.4 Å². The molecule has 5 atom stereocenters. The largest absolute Gasteiger partial charge is 0.748 e. The van der Waals surface area contributed by atoms with E-state index in [4.69, 9.17) is 27.2 Å². The summed E-state index contributed by atoms with van der Waals surface area (Å²) in [5.74, 6) is -2.88. The maximum atomic E-state index is 14.5. The summed E-state index contributed by atoms with van der Waals surface area (Å²) in [6, 6.07) is 19.8. The normalized spacial score (nSPS) is 17.8. The van der Waals surface area contributed by atoms with Crippen molar-refractivity contribution in [3.05, 3.63) is 101 Å². The number of carbonyl (C=O) groups excluding carboxylic acids is 7. The molecular formula is C52H71N5O13S. The molecule has 2 aliphatic heterocycles. The van der Waals surface area contributed by atoms with Crippen LogP contribution in [0.4, 0.5) is 0 Å². The topological polar surface area (TPSA) is 256 Å². The van der Waals surface area contributed by atoms with E-state index in [2.05, 4.69) is 21.3 Å². The van der Waals surface area contributed by atoms with Crippen LogP contribution in [0.2, 0.25) is 0 Å². The number of hydrogen-bond donors (Lipinski definition) is 4. The molecule has 2 saturated heterocycles. The van der Waals surface area contributed by atoms with Gasteiger partial charge in [0.1, 0.15) is 49.1 Å². The first kappa shape index (κ1) is 57.7. The summed E-state index contributed by atoms with van der Waals surface area (Å²) in [5, 5.41) is 11.8. The van der Waals surface area contributed by atoms with E-state index >= 15 is 0 Å². The minimum Gasteiger partial charge on any atom is -0.748 e. The van der Waals surface area contributed by atoms with Crippen LogP contribution in [-0.4, -0.2) is 134 Å². The van der Waals surface area contributed by atoms with Gasteiger partial charge in [0.25, 0.3) is 5.91 Å². The lowest BCUT2D eigenvalue weighted by Crippen LogP contribution is -2.61. The molecule has 71 heavy (non-hydrogen) atoms. The fraction of sp³-hybridized carbons (Fsp3) is 0.519. The van der Waals surface area contributed by atoms with Crippen molar-refractivity contribution >= 4 is 51.3 Å². The number of carbonyl (C=O) groups is 7. The molecule has 2 fully saturated rings. The summed E-state index contributed by atoms with van der Waals surface area (Å²) in [4.78, 5) is 95.0. The highest BCUT2D eigenvalue weighted by Gasteiger charge is 2.50. The number of ether oxygens (including phenoxy) is 3. The lowest BCUT2D eigenvalue weighted by molar-refractivity contribution is -0.940. The molecule has 2 heterocycles. The first-order valence-electron chi connectivity index (χ1n) is 24.0. The van der Waals surface area contributed by atoms with Gasteiger partial charge < -0.3 is 44.5 Å². The molecule has 5 rings (SSSR count). The zero-order chi connectivity index (χ0) is 52.5. The monoisotopic (exact) mass is 1010 g/mol. The summed E-state index contributed by atoms with van der Waals surface area (Å²) in [6.07, 6.45) is 2.04. The SMILES string of the molecule is CC(=O)Oc1ccc(C[N+]2(CC(=O)NC(CCc3ccccc3)C(=O)NC(CC(C)C)C(=O)NC(Cc3ccccc3)C(=O)NC(CC(C)C)C(=O)[C@@]3(C)CO3)CCOCC2)cc1C(C)=O.CS(=O)(=O)[O-]. The smallest absolute Gasteiger partial charge is 0.308 e. The van der Waals surface area contributed by atoms with Gasteiger partial charge in [-0.05, 0) is 80.7 Å². The standard InChI is InChI=1S/C51H67N5O10.CH4O3S/c1-33(2)26-42(47(60)51(7)32-65-51)53-50(63)44(29-38-16-12-9-13-17-38)55-49(62)43(27-34(3)4)54-48(61)41(20-18-37-14-10-8-11-15-37)52-46(59)31-56(22-24-64-25-23-56)30-39-19-21-45(66-36(6)58)40(28-39)35(5)57;1-5(2,3)4/h8-17,19,21,28,33-34,41-44H,18,20,22-27,29-32H2,1-7H3,(H3-,52,53,54,55,59,61,62,63);1H3,(H,2,3,4)/t41?,42?,43?,44?,51-;/m1./s1. The number of Topliss-reactive ketones (excluding diaryl/α,β-unsaturated/α-hetero) is 2. The Labute approximate surface area is 417 Å². The van der Waals surface area contributed by atoms with Crippen molar-refractivity contribution in [1.29, 1.82) is 0 Å². The van der Waals surface area contributed by atoms with E-state index in [1.165, 1.54) is 13.8 Å². The molecule has 0 aromatic heterocycles. The Bertz CT molecular complexity index is 2410. The van der Waals surface area contributed by atoms with Crippen molar-refractivity contribution in [1.82, 2.24) is 21.3 Å². The van der Waals surface area contributed by atoms with E-state index in [0.29, 0.717) is 51.9 Å². The number of nitrogens with zero attached hydrogens (tertiary/aromatic N) is 1. The van der Waals surface area contributed by atoms with Gasteiger partial charge >= 0.3 is 5.97 Å². The molecule has 18 nitrogen and oxygen atoms in total. The lowest BCUT2D eigenvalue weighted by atomic mass is 9.93. The fourth-order valence-corrected chi connectivity index (χ4v) is 8.35. The van der Waals surface area contributed by atoms with Crippen LogP contribution < -0.4 is 26.0 Å². The fourth-order valence-electron chi connectivity index (χ4n) is 8.35. The third kappa shape index (κ3) is 20.1. The van der Waals surface area contributed by atoms with E-state index in [1.54, 1.807) is 25.1 Å². The van der Waals surface area contributed by atoms with Gasteiger partial charge in [-0.15, -0.1) is 0 Å². The Morgan fingerprint density at radius 2 is 1.23 bits per heavy atom. The Morgan fingerprint density at radius 3 is 1.76 bits per heavy atom. The second kappa shape index (κ2) is 26.5. The molecule has 0 saturated carbocycles. The second-order valence-corrected chi connectivity index (χ2v) is 21.0. The minimum atomic E-state index is -3.92. The van der Waals surface area contributed by atoms with E-state index in [0.717, 1.165) is 16.7 Å². The Morgan fingerprint density at radius 1 is 0.718 bits per heavy atom. The van der Waals surface area contributed by atoms with Gasteiger partial charge in [0.15, 0.2) is 18.1 Å². The highest BCUT2D eigenvalue weighted by molar-refractivity contribution is 7.84. The first-order valence-corrected chi connectivity index (χ1v) is 25.8. The van der Waals surface area contributed by atoms with Crippen molar-refractivity contribution in [2.75, 3.05) is 45.7 Å². The number of hydrogen-bond acceptors (Lipinski definition) is 13. The van der Waals surface area contributed by atoms with Gasteiger partial charge in [-0.1, -0.05) is 88.4 Å². The van der Waals surface area contributed by atoms with Crippen LogP contribution in [0.25, 0.3) is 0 Å². The van der Waals surface area contributed by atoms with Gasteiger partial charge in [-0.3, -0.25) is 33.6 Å². The molecule has 0 bridgehead atoms. The van der Waals surface area contributed by atoms with Crippen LogP contribution in [0, 0.1) is 11.8 Å². The average Bonchev–Trinajstić information content (AvgIpc) is 4.05. The predicted octanol–water partition coefficient (Wildman–Crippen LogP) is 3.59. The molecule has 4 amide bonds. The van der Waals surface area contributed by atoms with E-state index in [9.17, 15) is 33.6 Å². The van der Waals surface area contributed by atoms with Crippen LogP contribution in [0.3, 0.4) is 0 Å². The first-order chi connectivity index (χ1) is 33.3. The van der Waals surface area contributed by atoms with Crippen molar-refractivity contribution in [2.24, 2.45) is 11.8 Å². The summed E-state index contributed by atoms with van der Waals surface area (Å²) in [7, 11) is -3.92. The number of epoxide rings is 1. The van der Waals surface area contributed by atoms with Crippen molar-refractivity contribution < 1.29 is 65.2 Å². The molecule has 0 spiro atoms. The highest BCUT2D eigenvalue weighted by atomic mass is 32.2. The van der Waals surface area contributed by atoms with Crippen LogP contribution in [0.15, 0.2) is 78.9 Å². The number of morpholine rings is 1. The Kier molecular flexibility index (Phi) is 21.6. The molecule has 3 aromatic rings. The van der Waals surface area contributed by atoms with Crippen molar-refractivity contribution in [2.45, 2.75) is 117 Å². The molecular weight excluding hydrogens is 935 g/mol. The van der Waals surface area contributed by atoms with Gasteiger partial charge in [0.05, 0.1) is 41.5 Å². The maximum Gasteiger partial charge on any atom is 0.308 e. The number of esters is 1. The minimum absolute atomic E-state index is 0.00263. The summed E-state index contributed by atoms with van der Waals surface area (Å²) in [6.45, 7) is 14.5. The lowest BCUT2D eigenvalue weighted by Gasteiger charge is -2.41. The van der Waals surface area contributed by atoms with Gasteiger partial charge in [-0.2, -0.15) is 0 Å². The molecule has 4 N–H and O–H groups in total. The number of rotatable bonds is 24. The summed E-state index contributed by atoms with van der Waals surface area (Å²) < 4.78 is 43.9. The van der Waals surface area contributed by atoms with Gasteiger partial charge in [0, 0.05) is 25.2 Å². The van der Waals surface area contributed by atoms with Crippen molar-refractivity contribution in [3.63, 3.8) is 0 Å². The van der Waals surface area contributed by atoms with Crippen LogP contribution in [0.1, 0.15) is 94.8 Å². The maximum absolute atomic E-state index is 14.5. The zero-order valence-electron chi connectivity index (χ0n) is 42.1. The quantitative estimate of drug-likeness (QED) is 0.0250. The number of ketones is 2. The Hall–Kier alpha value is -5.86.